The number of ether oxygens (including phenoxy) is 2. The van der Waals surface area contributed by atoms with Crippen molar-refractivity contribution in [2.75, 3.05) is 74.1 Å². The summed E-state index contributed by atoms with van der Waals surface area (Å²) in [5, 5.41) is 12.5. The fourth-order valence-corrected chi connectivity index (χ4v) is 10.1. The van der Waals surface area contributed by atoms with E-state index >= 15 is 0 Å². The van der Waals surface area contributed by atoms with Gasteiger partial charge in [-0.15, -0.1) is 11.3 Å². The minimum Gasteiger partial charge on any atom is -0.379 e. The van der Waals surface area contributed by atoms with E-state index in [2.05, 4.69) is 44.6 Å². The lowest BCUT2D eigenvalue weighted by Gasteiger charge is -2.41. The summed E-state index contributed by atoms with van der Waals surface area (Å²) in [5.41, 5.74) is 1.09. The molecule has 9 atom stereocenters. The monoisotopic (exact) mass is 883 g/mol. The molecule has 3 heterocycles. The highest BCUT2D eigenvalue weighted by Gasteiger charge is 2.43. The zero-order chi connectivity index (χ0) is 45.5. The van der Waals surface area contributed by atoms with E-state index in [0.29, 0.717) is 19.4 Å². The molecule has 0 saturated carbocycles. The number of carbonyl (C=O) groups excluding carboxylic acids is 4. The molecule has 2 aliphatic heterocycles. The minimum atomic E-state index is -0.768. The van der Waals surface area contributed by atoms with Crippen LogP contribution in [0.4, 0.5) is 0 Å². The molecule has 2 saturated heterocycles. The molecule has 2 fully saturated rings. The molecule has 1 aromatic heterocycles. The van der Waals surface area contributed by atoms with E-state index in [1.54, 1.807) is 32.4 Å². The zero-order valence-electron chi connectivity index (χ0n) is 39.5. The van der Waals surface area contributed by atoms with E-state index in [-0.39, 0.29) is 59.9 Å². The maximum Gasteiger partial charge on any atom is 0.245 e. The van der Waals surface area contributed by atoms with Gasteiger partial charge in [0, 0.05) is 78.7 Å². The second-order valence-corrected chi connectivity index (χ2v) is 19.1. The van der Waals surface area contributed by atoms with Gasteiger partial charge >= 0.3 is 0 Å². The highest BCUT2D eigenvalue weighted by Crippen LogP contribution is 2.31. The van der Waals surface area contributed by atoms with E-state index in [0.717, 1.165) is 62.7 Å². The largest absolute Gasteiger partial charge is 0.379 e. The molecule has 1 unspecified atom stereocenters. The Hall–Kier alpha value is -3.47. The first-order chi connectivity index (χ1) is 29.6. The number of nitrogens with zero attached hydrogens (tertiary/aromatic N) is 5. The normalized spacial score (nSPS) is 20.0. The molecule has 14 nitrogen and oxygen atoms in total. The maximum absolute atomic E-state index is 14.6. The molecule has 2 aromatic rings. The molecule has 0 bridgehead atoms. The molecule has 2 aliphatic rings. The molecule has 0 radical (unpaired) electrons. The number of benzene rings is 1. The van der Waals surface area contributed by atoms with Gasteiger partial charge in [-0.2, -0.15) is 0 Å². The Balaban J connectivity index is 1.46. The van der Waals surface area contributed by atoms with Crippen LogP contribution in [-0.2, 0) is 35.1 Å². The van der Waals surface area contributed by atoms with Gasteiger partial charge in [0.25, 0.3) is 0 Å². The number of aromatic nitrogens is 1. The first-order valence-electron chi connectivity index (χ1n) is 22.9. The standard InChI is InChI=1S/C47H78N8O6S/c1-12-33(6)42(53(9)47(59)40(31(2)3)51-45(58)41(32(4)5)52(8)26-27-54-24-20-48-21-25-54)38(60-10)30-39(56)55-23-16-19-37(55)43(61-11)34(7)44(57)50-36(46-49-22-28-62-46)29-35-17-14-13-15-18-35/h13-15,17-18,22,28,31-34,36-38,40-43,48H,12,16,19-21,23-27,29-30H2,1-11H3,(H,50,57)(H,51,58)/t33-,34+,36-,37-,38+,40?,41-,42-,43+/m0/s1. The van der Waals surface area contributed by atoms with Crippen LogP contribution in [0.15, 0.2) is 41.9 Å². The third kappa shape index (κ3) is 13.8. The van der Waals surface area contributed by atoms with E-state index in [4.69, 9.17) is 9.47 Å². The number of carbonyl (C=O) groups is 4. The summed E-state index contributed by atoms with van der Waals surface area (Å²) >= 11 is 1.51. The van der Waals surface area contributed by atoms with Crippen LogP contribution in [0.5, 0.6) is 0 Å². The fraction of sp³-hybridized carbons (Fsp3) is 0.723. The summed E-state index contributed by atoms with van der Waals surface area (Å²) in [6, 6.07) is 7.80. The summed E-state index contributed by atoms with van der Waals surface area (Å²) in [5.74, 6) is -1.36. The number of rotatable bonds is 24. The molecule has 0 spiro atoms. The molecule has 4 amide bonds. The first-order valence-corrected chi connectivity index (χ1v) is 23.8. The van der Waals surface area contributed by atoms with E-state index in [1.165, 1.54) is 11.3 Å². The fourth-order valence-electron chi connectivity index (χ4n) is 9.42. The predicted octanol–water partition coefficient (Wildman–Crippen LogP) is 4.47. The van der Waals surface area contributed by atoms with Crippen molar-refractivity contribution >= 4 is 35.0 Å². The number of likely N-dealkylation sites (N-methyl/N-ethyl adjacent to an activating group) is 2. The van der Waals surface area contributed by atoms with Crippen LogP contribution in [0.1, 0.15) is 90.8 Å². The zero-order valence-corrected chi connectivity index (χ0v) is 40.3. The Labute approximate surface area is 376 Å². The van der Waals surface area contributed by atoms with Crippen molar-refractivity contribution in [3.63, 3.8) is 0 Å². The van der Waals surface area contributed by atoms with E-state index in [9.17, 15) is 19.2 Å². The highest BCUT2D eigenvalue weighted by atomic mass is 32.1. The van der Waals surface area contributed by atoms with Crippen molar-refractivity contribution in [2.24, 2.45) is 23.7 Å². The summed E-state index contributed by atoms with van der Waals surface area (Å²) in [6.07, 6.45) is 3.47. The Bertz CT molecular complexity index is 1660. The van der Waals surface area contributed by atoms with Crippen LogP contribution in [0, 0.1) is 23.7 Å². The number of amides is 4. The van der Waals surface area contributed by atoms with Crippen molar-refractivity contribution in [1.29, 1.82) is 0 Å². The van der Waals surface area contributed by atoms with Gasteiger partial charge in [-0.1, -0.05) is 85.2 Å². The van der Waals surface area contributed by atoms with Crippen LogP contribution in [-0.4, -0.2) is 159 Å². The summed E-state index contributed by atoms with van der Waals surface area (Å²) in [7, 11) is 6.96. The Kier molecular flexibility index (Phi) is 20.7. The van der Waals surface area contributed by atoms with Crippen molar-refractivity contribution < 1.29 is 28.7 Å². The molecule has 348 valence electrons. The SMILES string of the molecule is CC[C@H](C)[C@@H]([C@@H](CC(=O)N1CCC[C@H]1[C@H](OC)[C@@H](C)C(=O)N[C@@H](Cc1ccccc1)c1nccs1)OC)N(C)C(=O)C(NC(=O)[C@H](C(C)C)N(C)CCN1CCNCC1)C(C)C. The van der Waals surface area contributed by atoms with Crippen molar-refractivity contribution in [3.05, 3.63) is 52.5 Å². The lowest BCUT2D eigenvalue weighted by Crippen LogP contribution is -2.60. The highest BCUT2D eigenvalue weighted by molar-refractivity contribution is 7.09. The number of nitrogens with one attached hydrogen (secondary N) is 3. The number of methoxy groups -OCH3 is 2. The minimum absolute atomic E-state index is 0.0174. The molecule has 0 aliphatic carbocycles. The number of likely N-dealkylation sites (tertiary alicyclic amines) is 1. The van der Waals surface area contributed by atoms with Gasteiger partial charge < -0.3 is 35.2 Å². The predicted molar refractivity (Wildman–Crippen MR) is 247 cm³/mol. The number of thiazole rings is 1. The molecule has 62 heavy (non-hydrogen) atoms. The van der Waals surface area contributed by atoms with E-state index in [1.807, 2.05) is 82.3 Å². The van der Waals surface area contributed by atoms with Crippen LogP contribution < -0.4 is 16.0 Å². The Morgan fingerprint density at radius 1 is 0.935 bits per heavy atom. The first kappa shape index (κ1) is 51.2. The molecule has 15 heteroatoms. The van der Waals surface area contributed by atoms with Gasteiger partial charge in [0.05, 0.1) is 48.7 Å². The molecule has 3 N–H and O–H groups in total. The third-order valence-corrected chi connectivity index (χ3v) is 14.1. The van der Waals surface area contributed by atoms with Crippen LogP contribution in [0.2, 0.25) is 0 Å². The molecule has 4 rings (SSSR count). The second-order valence-electron chi connectivity index (χ2n) is 18.2. The summed E-state index contributed by atoms with van der Waals surface area (Å²) in [4.78, 5) is 69.7. The van der Waals surface area contributed by atoms with Crippen LogP contribution >= 0.6 is 11.3 Å². The Morgan fingerprint density at radius 3 is 2.21 bits per heavy atom. The maximum atomic E-state index is 14.6. The van der Waals surface area contributed by atoms with Crippen molar-refractivity contribution in [1.82, 2.24) is 40.5 Å². The molecular formula is C47H78N8O6S. The average molecular weight is 883 g/mol. The van der Waals surface area contributed by atoms with Gasteiger partial charge in [0.2, 0.25) is 23.6 Å². The lowest BCUT2D eigenvalue weighted by molar-refractivity contribution is -0.148. The van der Waals surface area contributed by atoms with Gasteiger partial charge in [0.1, 0.15) is 11.0 Å². The second kappa shape index (κ2) is 25.1. The average Bonchev–Trinajstić information content (AvgIpc) is 3.99. The van der Waals surface area contributed by atoms with Gasteiger partial charge in [0.15, 0.2) is 0 Å². The van der Waals surface area contributed by atoms with Gasteiger partial charge in [-0.25, -0.2) is 4.98 Å². The Morgan fingerprint density at radius 2 is 1.63 bits per heavy atom. The summed E-state index contributed by atoms with van der Waals surface area (Å²) in [6.45, 7) is 20.1. The van der Waals surface area contributed by atoms with Gasteiger partial charge in [-0.05, 0) is 49.6 Å². The van der Waals surface area contributed by atoms with Crippen LogP contribution in [0.3, 0.4) is 0 Å². The molecular weight excluding hydrogens is 805 g/mol. The number of piperazine rings is 1. The number of hydrogen-bond donors (Lipinski definition) is 3. The van der Waals surface area contributed by atoms with Crippen molar-refractivity contribution in [3.8, 4) is 0 Å². The quantitative estimate of drug-likeness (QED) is 0.138. The van der Waals surface area contributed by atoms with Crippen LogP contribution in [0.25, 0.3) is 0 Å². The topological polar surface area (TPSA) is 149 Å². The third-order valence-electron chi connectivity index (χ3n) is 13.2. The van der Waals surface area contributed by atoms with Crippen molar-refractivity contribution in [2.45, 2.75) is 123 Å². The van der Waals surface area contributed by atoms with E-state index < -0.39 is 36.3 Å². The van der Waals surface area contributed by atoms with Gasteiger partial charge in [-0.3, -0.25) is 29.0 Å². The smallest absolute Gasteiger partial charge is 0.245 e. The number of hydrogen-bond acceptors (Lipinski definition) is 11. The lowest BCUT2D eigenvalue weighted by atomic mass is 9.89. The molecule has 1 aromatic carbocycles. The summed E-state index contributed by atoms with van der Waals surface area (Å²) < 4.78 is 12.2.